The predicted molar refractivity (Wildman–Crippen MR) is 137 cm³/mol. The number of nitrogens with zero attached hydrogens (tertiary/aromatic N) is 2. The standard InChI is InChI=1S/C26H35ClN4O/c1-5-6-21(27)14-23(16-28)31(4)18(2)20-7-8-26-25(13-20)24(15-22(17-32)29-26)19-9-11-30(3)12-10-19/h7-8,13-17,19,29,32H,2,5-6,9-12,28H2,1,3-4H3/b21-14+,22-17+,23-16+. The zero-order valence-electron chi connectivity index (χ0n) is 19.4. The van der Waals surface area contributed by atoms with Gasteiger partial charge in [-0.3, -0.25) is 0 Å². The molecule has 2 heterocycles. The second kappa shape index (κ2) is 10.8. The quantitative estimate of drug-likeness (QED) is 0.355. The number of hydrogen-bond acceptors (Lipinski definition) is 5. The lowest BCUT2D eigenvalue weighted by Gasteiger charge is -2.33. The molecule has 5 nitrogen and oxygen atoms in total. The first-order valence-corrected chi connectivity index (χ1v) is 11.6. The molecular formula is C26H35ClN4O. The van der Waals surface area contributed by atoms with Crippen LogP contribution in [0.3, 0.4) is 0 Å². The number of nitrogens with one attached hydrogen (secondary N) is 1. The minimum atomic E-state index is 0.457. The number of rotatable bonds is 7. The lowest BCUT2D eigenvalue weighted by molar-refractivity contribution is 0.248. The van der Waals surface area contributed by atoms with Crippen molar-refractivity contribution in [2.75, 3.05) is 32.5 Å². The van der Waals surface area contributed by atoms with Crippen LogP contribution < -0.4 is 11.1 Å². The van der Waals surface area contributed by atoms with Gasteiger partial charge in [0.15, 0.2) is 0 Å². The van der Waals surface area contributed by atoms with Crippen molar-refractivity contribution in [2.24, 2.45) is 11.7 Å². The van der Waals surface area contributed by atoms with Gasteiger partial charge in [0.1, 0.15) is 6.26 Å². The average Bonchev–Trinajstić information content (AvgIpc) is 2.81. The van der Waals surface area contributed by atoms with E-state index in [1.54, 1.807) is 6.20 Å². The van der Waals surface area contributed by atoms with Crippen molar-refractivity contribution in [1.29, 1.82) is 0 Å². The fourth-order valence-electron chi connectivity index (χ4n) is 4.31. The number of piperidine rings is 1. The second-order valence-electron chi connectivity index (χ2n) is 8.59. The molecule has 172 valence electrons. The van der Waals surface area contributed by atoms with Crippen molar-refractivity contribution in [3.05, 3.63) is 76.9 Å². The van der Waals surface area contributed by atoms with E-state index in [9.17, 15) is 5.11 Å². The van der Waals surface area contributed by atoms with Crippen LogP contribution in [0.25, 0.3) is 11.3 Å². The van der Waals surface area contributed by atoms with Crippen LogP contribution in [0.2, 0.25) is 0 Å². The van der Waals surface area contributed by atoms with Crippen LogP contribution in [0.15, 0.2) is 65.8 Å². The van der Waals surface area contributed by atoms with Crippen molar-refractivity contribution >= 4 is 28.6 Å². The zero-order valence-corrected chi connectivity index (χ0v) is 20.1. The summed E-state index contributed by atoms with van der Waals surface area (Å²) in [5, 5.41) is 13.7. The highest BCUT2D eigenvalue weighted by Gasteiger charge is 2.26. The fourth-order valence-corrected chi connectivity index (χ4v) is 4.61. The van der Waals surface area contributed by atoms with Gasteiger partial charge in [0.2, 0.25) is 0 Å². The first-order chi connectivity index (χ1) is 15.4. The summed E-state index contributed by atoms with van der Waals surface area (Å²) in [6, 6.07) is 6.29. The molecule has 1 aromatic rings. The van der Waals surface area contributed by atoms with Crippen molar-refractivity contribution in [3.63, 3.8) is 0 Å². The van der Waals surface area contributed by atoms with Crippen LogP contribution >= 0.6 is 11.6 Å². The smallest absolute Gasteiger partial charge is 0.103 e. The monoisotopic (exact) mass is 454 g/mol. The number of anilines is 1. The number of halogens is 1. The van der Waals surface area contributed by atoms with Crippen LogP contribution in [-0.2, 0) is 0 Å². The summed E-state index contributed by atoms with van der Waals surface area (Å²) in [5.41, 5.74) is 12.7. The Hall–Kier alpha value is -2.63. The average molecular weight is 455 g/mol. The number of hydrogen-bond donors (Lipinski definition) is 3. The largest absolute Gasteiger partial charge is 0.513 e. The minimum Gasteiger partial charge on any atom is -0.513 e. The highest BCUT2D eigenvalue weighted by atomic mass is 35.5. The Labute approximate surface area is 197 Å². The molecule has 0 aromatic heterocycles. The molecule has 0 amide bonds. The SMILES string of the molecule is C=C(c1ccc2c(c1)C(C1CCN(C)CC1)=C/C(=C\O)N2)N(C)C(/C=C(/Cl)CCC)=C/N. The van der Waals surface area contributed by atoms with Crippen LogP contribution in [-0.4, -0.2) is 42.1 Å². The first-order valence-electron chi connectivity index (χ1n) is 11.2. The molecule has 0 aliphatic carbocycles. The third-order valence-electron chi connectivity index (χ3n) is 6.31. The van der Waals surface area contributed by atoms with E-state index in [1.807, 2.05) is 24.1 Å². The van der Waals surface area contributed by atoms with Crippen LogP contribution in [0, 0.1) is 5.92 Å². The number of aliphatic hydroxyl groups excluding tert-OH is 1. The van der Waals surface area contributed by atoms with Gasteiger partial charge < -0.3 is 26.0 Å². The summed E-state index contributed by atoms with van der Waals surface area (Å²) < 4.78 is 0. The second-order valence-corrected chi connectivity index (χ2v) is 9.07. The Kier molecular flexibility index (Phi) is 8.10. The van der Waals surface area contributed by atoms with E-state index in [0.29, 0.717) is 5.92 Å². The van der Waals surface area contributed by atoms with Crippen LogP contribution in [0.1, 0.15) is 43.7 Å². The molecule has 1 fully saturated rings. The lowest BCUT2D eigenvalue weighted by atomic mass is 9.82. The Morgan fingerprint density at radius 1 is 1.38 bits per heavy atom. The number of fused-ring (bicyclic) bond motifs is 1. The molecule has 3 rings (SSSR count). The molecule has 2 aliphatic rings. The third kappa shape index (κ3) is 5.40. The van der Waals surface area contributed by atoms with Gasteiger partial charge >= 0.3 is 0 Å². The van der Waals surface area contributed by atoms with E-state index < -0.39 is 0 Å². The molecule has 0 atom stereocenters. The van der Waals surface area contributed by atoms with Gasteiger partial charge in [-0.05, 0) is 80.7 Å². The number of likely N-dealkylation sites (N-methyl/N-ethyl adjacent to an activating group) is 1. The summed E-state index contributed by atoms with van der Waals surface area (Å²) in [6.45, 7) is 8.58. The highest BCUT2D eigenvalue weighted by molar-refractivity contribution is 6.29. The molecule has 1 aromatic carbocycles. The Bertz CT molecular complexity index is 968. The van der Waals surface area contributed by atoms with Crippen molar-refractivity contribution < 1.29 is 5.11 Å². The van der Waals surface area contributed by atoms with E-state index in [0.717, 1.165) is 84.0 Å². The Morgan fingerprint density at radius 3 is 2.72 bits per heavy atom. The van der Waals surface area contributed by atoms with Gasteiger partial charge in [-0.15, -0.1) is 0 Å². The van der Waals surface area contributed by atoms with Crippen LogP contribution in [0.4, 0.5) is 5.69 Å². The number of benzene rings is 1. The molecule has 0 saturated carbocycles. The molecule has 4 N–H and O–H groups in total. The molecule has 1 saturated heterocycles. The van der Waals surface area contributed by atoms with Gasteiger partial charge in [0, 0.05) is 35.2 Å². The molecule has 32 heavy (non-hydrogen) atoms. The van der Waals surface area contributed by atoms with Gasteiger partial charge in [-0.1, -0.05) is 37.6 Å². The fraction of sp³-hybridized carbons (Fsp3) is 0.385. The minimum absolute atomic E-state index is 0.457. The van der Waals surface area contributed by atoms with E-state index in [1.165, 1.54) is 5.57 Å². The summed E-state index contributed by atoms with van der Waals surface area (Å²) in [6.07, 6.45) is 10.7. The summed E-state index contributed by atoms with van der Waals surface area (Å²) in [4.78, 5) is 4.33. The summed E-state index contributed by atoms with van der Waals surface area (Å²) >= 11 is 6.35. The topological polar surface area (TPSA) is 64.8 Å². The number of nitrogens with two attached hydrogens (primary N) is 1. The number of likely N-dealkylation sites (tertiary alicyclic amines) is 1. The maximum absolute atomic E-state index is 9.66. The zero-order chi connectivity index (χ0) is 23.3. The van der Waals surface area contributed by atoms with E-state index in [2.05, 4.69) is 49.0 Å². The molecule has 0 bridgehead atoms. The Balaban J connectivity index is 1.92. The normalized spacial score (nSPS) is 19.4. The maximum Gasteiger partial charge on any atom is 0.103 e. The molecule has 0 radical (unpaired) electrons. The maximum atomic E-state index is 9.66. The van der Waals surface area contributed by atoms with Gasteiger partial charge in [-0.25, -0.2) is 0 Å². The number of allylic oxidation sites excluding steroid dienone is 4. The highest BCUT2D eigenvalue weighted by Crippen LogP contribution is 2.41. The predicted octanol–water partition coefficient (Wildman–Crippen LogP) is 5.86. The number of aliphatic hydroxyl groups is 1. The lowest BCUT2D eigenvalue weighted by Crippen LogP contribution is -2.31. The van der Waals surface area contributed by atoms with E-state index in [4.69, 9.17) is 17.3 Å². The van der Waals surface area contributed by atoms with Crippen LogP contribution in [0.5, 0.6) is 0 Å². The van der Waals surface area contributed by atoms with Gasteiger partial charge in [0.25, 0.3) is 0 Å². The van der Waals surface area contributed by atoms with Gasteiger partial charge in [-0.2, -0.15) is 0 Å². The van der Waals surface area contributed by atoms with Crippen molar-refractivity contribution in [2.45, 2.75) is 32.6 Å². The van der Waals surface area contributed by atoms with Crippen molar-refractivity contribution in [1.82, 2.24) is 9.80 Å². The third-order valence-corrected chi connectivity index (χ3v) is 6.61. The molecule has 2 aliphatic heterocycles. The summed E-state index contributed by atoms with van der Waals surface area (Å²) in [7, 11) is 4.12. The van der Waals surface area contributed by atoms with E-state index >= 15 is 0 Å². The van der Waals surface area contributed by atoms with Crippen molar-refractivity contribution in [3.8, 4) is 0 Å². The molecule has 0 unspecified atom stereocenters. The molecule has 0 spiro atoms. The first kappa shape index (κ1) is 24.0. The van der Waals surface area contributed by atoms with Gasteiger partial charge in [0.05, 0.1) is 11.4 Å². The molecular weight excluding hydrogens is 420 g/mol. The summed E-state index contributed by atoms with van der Waals surface area (Å²) in [5.74, 6) is 0.457. The Morgan fingerprint density at radius 2 is 2.09 bits per heavy atom. The molecule has 6 heteroatoms. The van der Waals surface area contributed by atoms with E-state index in [-0.39, 0.29) is 0 Å².